The highest BCUT2D eigenvalue weighted by molar-refractivity contribution is 5.76. The maximum atomic E-state index is 11.1. The minimum absolute atomic E-state index is 0.441. The van der Waals surface area contributed by atoms with Crippen molar-refractivity contribution in [2.24, 2.45) is 5.92 Å². The molecule has 0 bridgehead atoms. The predicted molar refractivity (Wildman–Crippen MR) is 62.0 cm³/mol. The molecule has 0 aliphatic rings. The van der Waals surface area contributed by atoms with Gasteiger partial charge in [0.15, 0.2) is 5.60 Å². The second kappa shape index (κ2) is 5.64. The maximum Gasteiger partial charge on any atom is 0.339 e. The lowest BCUT2D eigenvalue weighted by Gasteiger charge is -2.28. The molecule has 0 heterocycles. The van der Waals surface area contributed by atoms with Crippen LogP contribution in [0.4, 0.5) is 0 Å². The van der Waals surface area contributed by atoms with E-state index in [1.807, 2.05) is 34.6 Å². The summed E-state index contributed by atoms with van der Waals surface area (Å²) in [4.78, 5) is 21.4. The molecule has 1 N–H and O–H groups in total. The van der Waals surface area contributed by atoms with Gasteiger partial charge in [-0.25, -0.2) is 14.6 Å². The van der Waals surface area contributed by atoms with E-state index >= 15 is 0 Å². The van der Waals surface area contributed by atoms with Crippen LogP contribution in [0.2, 0.25) is 0 Å². The van der Waals surface area contributed by atoms with E-state index in [4.69, 9.17) is 14.9 Å². The highest BCUT2D eigenvalue weighted by Crippen LogP contribution is 2.24. The molecule has 0 saturated heterocycles. The van der Waals surface area contributed by atoms with E-state index in [2.05, 4.69) is 0 Å². The first-order valence-corrected chi connectivity index (χ1v) is 5.67. The second-order valence-corrected chi connectivity index (χ2v) is 5.75. The van der Waals surface area contributed by atoms with E-state index in [1.54, 1.807) is 6.92 Å². The molecule has 0 amide bonds. The highest BCUT2D eigenvalue weighted by atomic mass is 17.2. The van der Waals surface area contributed by atoms with Gasteiger partial charge in [0.05, 0.1) is 5.60 Å². The number of hydrogen-bond donors (Lipinski definition) is 1. The number of rotatable bonds is 6. The number of carboxylic acids is 1. The fraction of sp³-hybridized carbons (Fsp3) is 0.917. The summed E-state index contributed by atoms with van der Waals surface area (Å²) in [6.45, 7) is 11.1. The van der Waals surface area contributed by atoms with E-state index in [-0.39, 0.29) is 0 Å². The first kappa shape index (κ1) is 15.4. The molecule has 4 nitrogen and oxygen atoms in total. The van der Waals surface area contributed by atoms with Crippen LogP contribution in [-0.2, 0) is 14.6 Å². The molecule has 0 aromatic heterocycles. The van der Waals surface area contributed by atoms with Gasteiger partial charge < -0.3 is 5.11 Å². The standard InChI is InChI=1S/C12H24O4/c1-9(2)7-8-12(6,10(13)14)16-15-11(3,4)5/h9H,7-8H2,1-6H3,(H,13,14). The average molecular weight is 232 g/mol. The predicted octanol–water partition coefficient (Wildman–Crippen LogP) is 3.01. The summed E-state index contributed by atoms with van der Waals surface area (Å²) in [6, 6.07) is 0. The molecular formula is C12H24O4. The minimum Gasteiger partial charge on any atom is -0.479 e. The number of carbonyl (C=O) groups is 1. The van der Waals surface area contributed by atoms with Crippen LogP contribution in [0, 0.1) is 5.92 Å². The largest absolute Gasteiger partial charge is 0.479 e. The van der Waals surface area contributed by atoms with Crippen molar-refractivity contribution in [2.75, 3.05) is 0 Å². The molecule has 4 heteroatoms. The van der Waals surface area contributed by atoms with E-state index < -0.39 is 17.2 Å². The van der Waals surface area contributed by atoms with Gasteiger partial charge in [-0.15, -0.1) is 0 Å². The summed E-state index contributed by atoms with van der Waals surface area (Å²) in [5.41, 5.74) is -1.77. The molecule has 1 unspecified atom stereocenters. The van der Waals surface area contributed by atoms with E-state index in [0.717, 1.165) is 6.42 Å². The summed E-state index contributed by atoms with van der Waals surface area (Å²) in [5, 5.41) is 9.14. The molecular weight excluding hydrogens is 208 g/mol. The summed E-state index contributed by atoms with van der Waals surface area (Å²) in [7, 11) is 0. The lowest BCUT2D eigenvalue weighted by molar-refractivity contribution is -0.394. The van der Waals surface area contributed by atoms with Gasteiger partial charge in [0, 0.05) is 0 Å². The van der Waals surface area contributed by atoms with Gasteiger partial charge in [-0.3, -0.25) is 0 Å². The van der Waals surface area contributed by atoms with Crippen molar-refractivity contribution in [3.63, 3.8) is 0 Å². The molecule has 0 aliphatic carbocycles. The van der Waals surface area contributed by atoms with Crippen LogP contribution in [0.5, 0.6) is 0 Å². The Kier molecular flexibility index (Phi) is 5.42. The van der Waals surface area contributed by atoms with Crippen LogP contribution in [0.3, 0.4) is 0 Å². The van der Waals surface area contributed by atoms with Crippen LogP contribution in [0.15, 0.2) is 0 Å². The number of aliphatic carboxylic acids is 1. The first-order valence-electron chi connectivity index (χ1n) is 5.67. The van der Waals surface area contributed by atoms with Crippen molar-refractivity contribution < 1.29 is 19.7 Å². The fourth-order valence-electron chi connectivity index (χ4n) is 0.965. The fourth-order valence-corrected chi connectivity index (χ4v) is 0.965. The monoisotopic (exact) mass is 232 g/mol. The minimum atomic E-state index is -1.27. The summed E-state index contributed by atoms with van der Waals surface area (Å²) in [6.07, 6.45) is 1.23. The van der Waals surface area contributed by atoms with Gasteiger partial charge in [-0.2, -0.15) is 0 Å². The van der Waals surface area contributed by atoms with Crippen molar-refractivity contribution in [1.29, 1.82) is 0 Å². The third kappa shape index (κ3) is 6.08. The molecule has 0 aromatic rings. The molecule has 0 radical (unpaired) electrons. The van der Waals surface area contributed by atoms with Crippen molar-refractivity contribution in [2.45, 2.75) is 65.6 Å². The molecule has 0 fully saturated rings. The SMILES string of the molecule is CC(C)CCC(C)(OOC(C)(C)C)C(=O)O. The van der Waals surface area contributed by atoms with Gasteiger partial charge in [-0.1, -0.05) is 13.8 Å². The lowest BCUT2D eigenvalue weighted by atomic mass is 9.95. The maximum absolute atomic E-state index is 11.1. The van der Waals surface area contributed by atoms with Crippen molar-refractivity contribution >= 4 is 5.97 Å². The Balaban J connectivity index is 4.40. The topological polar surface area (TPSA) is 55.8 Å². The lowest BCUT2D eigenvalue weighted by Crippen LogP contribution is -2.41. The zero-order valence-electron chi connectivity index (χ0n) is 11.2. The van der Waals surface area contributed by atoms with Crippen LogP contribution in [-0.4, -0.2) is 22.3 Å². The quantitative estimate of drug-likeness (QED) is 0.565. The molecule has 0 aromatic carbocycles. The zero-order chi connectivity index (χ0) is 13.0. The van der Waals surface area contributed by atoms with E-state index in [9.17, 15) is 4.79 Å². The van der Waals surface area contributed by atoms with E-state index in [0.29, 0.717) is 12.3 Å². The Bertz CT molecular complexity index is 230. The summed E-state index contributed by atoms with van der Waals surface area (Å²) < 4.78 is 0. The smallest absolute Gasteiger partial charge is 0.339 e. The van der Waals surface area contributed by atoms with Crippen molar-refractivity contribution in [3.8, 4) is 0 Å². The zero-order valence-corrected chi connectivity index (χ0v) is 11.2. The molecule has 96 valence electrons. The van der Waals surface area contributed by atoms with Gasteiger partial charge in [0.2, 0.25) is 0 Å². The van der Waals surface area contributed by atoms with E-state index in [1.165, 1.54) is 0 Å². The second-order valence-electron chi connectivity index (χ2n) is 5.75. The van der Waals surface area contributed by atoms with Crippen LogP contribution in [0.25, 0.3) is 0 Å². The third-order valence-corrected chi connectivity index (χ3v) is 2.13. The van der Waals surface area contributed by atoms with Gasteiger partial charge >= 0.3 is 5.97 Å². The van der Waals surface area contributed by atoms with Crippen LogP contribution >= 0.6 is 0 Å². The summed E-state index contributed by atoms with van der Waals surface area (Å²) >= 11 is 0. The molecule has 0 aliphatic heterocycles. The Morgan fingerprint density at radius 1 is 1.19 bits per heavy atom. The third-order valence-electron chi connectivity index (χ3n) is 2.13. The van der Waals surface area contributed by atoms with Crippen LogP contribution < -0.4 is 0 Å². The van der Waals surface area contributed by atoms with Gasteiger partial charge in [0.25, 0.3) is 0 Å². The number of hydrogen-bond acceptors (Lipinski definition) is 3. The van der Waals surface area contributed by atoms with Gasteiger partial charge in [0.1, 0.15) is 0 Å². The average Bonchev–Trinajstić information content (AvgIpc) is 2.10. The summed E-state index contributed by atoms with van der Waals surface area (Å²) in [5.74, 6) is -0.547. The first-order chi connectivity index (χ1) is 7.07. The number of carboxylic acid groups (broad SMARTS) is 1. The Morgan fingerprint density at radius 2 is 1.69 bits per heavy atom. The molecule has 0 rings (SSSR count). The molecule has 0 saturated carbocycles. The Labute approximate surface area is 97.9 Å². The highest BCUT2D eigenvalue weighted by Gasteiger charge is 2.37. The van der Waals surface area contributed by atoms with Gasteiger partial charge in [-0.05, 0) is 46.5 Å². The molecule has 1 atom stereocenters. The molecule has 16 heavy (non-hydrogen) atoms. The Morgan fingerprint density at radius 3 is 2.00 bits per heavy atom. The normalized spacial score (nSPS) is 16.2. The van der Waals surface area contributed by atoms with Crippen LogP contribution in [0.1, 0.15) is 54.4 Å². The molecule has 0 spiro atoms. The Hall–Kier alpha value is -0.610. The van der Waals surface area contributed by atoms with Crippen molar-refractivity contribution in [1.82, 2.24) is 0 Å². The van der Waals surface area contributed by atoms with Crippen molar-refractivity contribution in [3.05, 3.63) is 0 Å².